The van der Waals surface area contributed by atoms with Crippen LogP contribution in [-0.2, 0) is 6.42 Å². The van der Waals surface area contributed by atoms with E-state index in [0.717, 1.165) is 83.9 Å². The number of nitrogens with one attached hydrogen (secondary N) is 2. The second-order valence-corrected chi connectivity index (χ2v) is 17.6. The first-order valence-corrected chi connectivity index (χ1v) is 22.8. The quantitative estimate of drug-likeness (QED) is 0.134. The molecule has 62 heavy (non-hydrogen) atoms. The van der Waals surface area contributed by atoms with Gasteiger partial charge in [-0.1, -0.05) is 151 Å². The van der Waals surface area contributed by atoms with Gasteiger partial charge in [0.15, 0.2) is 0 Å². The fourth-order valence-corrected chi connectivity index (χ4v) is 9.41. The third kappa shape index (κ3) is 10.4. The van der Waals surface area contributed by atoms with Gasteiger partial charge in [0.05, 0.1) is 22.8 Å². The minimum absolute atomic E-state index is 0.0625. The number of carbonyl (C=O) groups excluding carboxylic acids is 2. The fraction of sp³-hybridized carbons (Fsp3) is 0.115. The molecule has 7 aromatic carbocycles. The number of hydrogen-bond acceptors (Lipinski definition) is 6. The van der Waals surface area contributed by atoms with E-state index in [1.54, 1.807) is 23.5 Å². The van der Waals surface area contributed by atoms with Gasteiger partial charge in [-0.05, 0) is 91.2 Å². The minimum Gasteiger partial charge on any atom is -0.352 e. The molecule has 0 spiro atoms. The zero-order valence-electron chi connectivity index (χ0n) is 33.9. The van der Waals surface area contributed by atoms with Crippen LogP contribution in [-0.4, -0.2) is 36.3 Å². The van der Waals surface area contributed by atoms with Crippen molar-refractivity contribution in [3.63, 3.8) is 0 Å². The molecule has 10 heteroatoms. The molecule has 0 bridgehead atoms. The first kappa shape index (κ1) is 42.8. The lowest BCUT2D eigenvalue weighted by atomic mass is 10.0. The van der Waals surface area contributed by atoms with E-state index in [2.05, 4.69) is 54.0 Å². The van der Waals surface area contributed by atoms with Crippen molar-refractivity contribution in [2.24, 2.45) is 9.98 Å². The first-order chi connectivity index (χ1) is 30.3. The van der Waals surface area contributed by atoms with Gasteiger partial charge in [0, 0.05) is 76.1 Å². The minimum atomic E-state index is -0.0972. The Balaban J connectivity index is 0.000000172. The third-order valence-electron chi connectivity index (χ3n) is 10.2. The molecule has 7 aromatic rings. The van der Waals surface area contributed by atoms with E-state index in [9.17, 15) is 9.59 Å². The normalized spacial score (nSPS) is 12.3. The SMILES string of the molecule is CCCCNC(=O)c1ccc2c(c1)N=C(c1cccc(Cl)c1)c1ccccc1S2.O=C(NCCc1ccccc1)c1ccc2c(c1)N=C(c1cccc(Cl)c1)c1ccccc1S2. The number of benzene rings is 7. The van der Waals surface area contributed by atoms with Gasteiger partial charge in [0.2, 0.25) is 0 Å². The lowest BCUT2D eigenvalue weighted by molar-refractivity contribution is 0.0945. The average molecular weight is 890 g/mol. The van der Waals surface area contributed by atoms with Gasteiger partial charge in [-0.25, -0.2) is 9.98 Å². The summed E-state index contributed by atoms with van der Waals surface area (Å²) in [6.07, 6.45) is 2.81. The standard InChI is InChI=1S/C28H21ClN2OS.C24H21ClN2OS/c29-22-10-6-9-20(17-22)27-23-11-4-5-12-25(23)33-26-14-13-21(18-24(26)31-27)28(32)30-16-15-19-7-2-1-3-8-19;1-2-3-13-26-24(28)17-11-12-22-20(15-17)27-23(16-7-6-8-18(25)14-16)19-9-4-5-10-21(19)29-22/h1-14,17-18H,15-16H2,(H,30,32);4-12,14-15H,2-3,13H2,1H3,(H,26,28). The van der Waals surface area contributed by atoms with Crippen molar-refractivity contribution in [1.29, 1.82) is 0 Å². The fourth-order valence-electron chi connectivity index (χ4n) is 7.02. The second-order valence-electron chi connectivity index (χ2n) is 14.6. The van der Waals surface area contributed by atoms with Gasteiger partial charge in [-0.15, -0.1) is 0 Å². The molecule has 6 nitrogen and oxygen atoms in total. The molecule has 2 N–H and O–H groups in total. The van der Waals surface area contributed by atoms with Crippen molar-refractivity contribution >= 4 is 81.3 Å². The molecular weight excluding hydrogens is 848 g/mol. The molecule has 0 saturated carbocycles. The number of nitrogens with zero attached hydrogens (tertiary/aromatic N) is 2. The number of rotatable bonds is 10. The Kier molecular flexibility index (Phi) is 14.0. The van der Waals surface area contributed by atoms with E-state index in [0.29, 0.717) is 34.3 Å². The first-order valence-electron chi connectivity index (χ1n) is 20.4. The lowest BCUT2D eigenvalue weighted by Crippen LogP contribution is -2.25. The summed E-state index contributed by atoms with van der Waals surface area (Å²) in [6, 6.07) is 53.5. The Morgan fingerprint density at radius 2 is 1.00 bits per heavy atom. The highest BCUT2D eigenvalue weighted by Gasteiger charge is 2.22. The van der Waals surface area contributed by atoms with Crippen LogP contribution in [0.25, 0.3) is 0 Å². The highest BCUT2D eigenvalue weighted by Crippen LogP contribution is 2.43. The number of halogens is 2. The lowest BCUT2D eigenvalue weighted by Gasteiger charge is -2.09. The molecule has 2 aliphatic heterocycles. The summed E-state index contributed by atoms with van der Waals surface area (Å²) in [4.78, 5) is 39.7. The summed E-state index contributed by atoms with van der Waals surface area (Å²) in [5.41, 5.74) is 9.72. The molecular formula is C52H42Cl2N4O2S2. The Labute approximate surface area is 380 Å². The largest absolute Gasteiger partial charge is 0.352 e. The summed E-state index contributed by atoms with van der Waals surface area (Å²) in [7, 11) is 0. The predicted octanol–water partition coefficient (Wildman–Crippen LogP) is 13.4. The summed E-state index contributed by atoms with van der Waals surface area (Å²) >= 11 is 15.9. The zero-order chi connectivity index (χ0) is 42.8. The molecule has 0 radical (unpaired) electrons. The Morgan fingerprint density at radius 1 is 0.516 bits per heavy atom. The number of carbonyl (C=O) groups is 2. The van der Waals surface area contributed by atoms with Gasteiger partial charge in [-0.3, -0.25) is 9.59 Å². The van der Waals surface area contributed by atoms with Crippen LogP contribution in [0.5, 0.6) is 0 Å². The van der Waals surface area contributed by atoms with Crippen molar-refractivity contribution < 1.29 is 9.59 Å². The molecule has 0 aliphatic carbocycles. The number of unbranched alkanes of at least 4 members (excludes halogenated alkanes) is 1. The van der Waals surface area contributed by atoms with Crippen LogP contribution in [0.15, 0.2) is 193 Å². The second kappa shape index (κ2) is 20.3. The molecule has 308 valence electrons. The van der Waals surface area contributed by atoms with Crippen LogP contribution in [0.4, 0.5) is 11.4 Å². The molecule has 2 heterocycles. The highest BCUT2D eigenvalue weighted by molar-refractivity contribution is 7.99. The smallest absolute Gasteiger partial charge is 0.251 e. The van der Waals surface area contributed by atoms with Gasteiger partial charge in [-0.2, -0.15) is 0 Å². The molecule has 9 rings (SSSR count). The number of hydrogen-bond donors (Lipinski definition) is 2. The van der Waals surface area contributed by atoms with Gasteiger partial charge < -0.3 is 10.6 Å². The molecule has 0 fully saturated rings. The van der Waals surface area contributed by atoms with Crippen LogP contribution in [0, 0.1) is 0 Å². The van der Waals surface area contributed by atoms with E-state index in [1.807, 2.05) is 127 Å². The number of fused-ring (bicyclic) bond motifs is 4. The van der Waals surface area contributed by atoms with E-state index < -0.39 is 0 Å². The maximum Gasteiger partial charge on any atom is 0.251 e. The van der Waals surface area contributed by atoms with Crippen LogP contribution in [0.1, 0.15) is 68.3 Å². The summed E-state index contributed by atoms with van der Waals surface area (Å²) < 4.78 is 0. The van der Waals surface area contributed by atoms with E-state index in [-0.39, 0.29) is 11.8 Å². The van der Waals surface area contributed by atoms with Crippen LogP contribution >= 0.6 is 46.7 Å². The predicted molar refractivity (Wildman–Crippen MR) is 257 cm³/mol. The molecule has 0 aromatic heterocycles. The molecule has 0 unspecified atom stereocenters. The Morgan fingerprint density at radius 3 is 1.50 bits per heavy atom. The van der Waals surface area contributed by atoms with Crippen molar-refractivity contribution in [2.45, 2.75) is 45.8 Å². The molecule has 2 aliphatic rings. The van der Waals surface area contributed by atoms with Crippen LogP contribution in [0.2, 0.25) is 10.0 Å². The zero-order valence-corrected chi connectivity index (χ0v) is 37.1. The number of amides is 2. The van der Waals surface area contributed by atoms with Gasteiger partial charge in [0.25, 0.3) is 11.8 Å². The molecule has 2 amide bonds. The van der Waals surface area contributed by atoms with E-state index in [4.69, 9.17) is 33.2 Å². The summed E-state index contributed by atoms with van der Waals surface area (Å²) in [5.74, 6) is -0.160. The molecule has 0 saturated heterocycles. The third-order valence-corrected chi connectivity index (χ3v) is 12.9. The van der Waals surface area contributed by atoms with Crippen molar-refractivity contribution in [1.82, 2.24) is 10.6 Å². The highest BCUT2D eigenvalue weighted by atomic mass is 35.5. The maximum absolute atomic E-state index is 12.8. The van der Waals surface area contributed by atoms with Crippen molar-refractivity contribution in [3.05, 3.63) is 213 Å². The Bertz CT molecular complexity index is 2830. The van der Waals surface area contributed by atoms with Crippen LogP contribution in [0.3, 0.4) is 0 Å². The summed E-state index contributed by atoms with van der Waals surface area (Å²) in [5, 5.41) is 7.34. The van der Waals surface area contributed by atoms with Crippen LogP contribution < -0.4 is 10.6 Å². The Hall–Kier alpha value is -5.90. The molecule has 0 atom stereocenters. The van der Waals surface area contributed by atoms with E-state index >= 15 is 0 Å². The average Bonchev–Trinajstić information content (AvgIpc) is 3.57. The van der Waals surface area contributed by atoms with Crippen molar-refractivity contribution in [2.75, 3.05) is 13.1 Å². The van der Waals surface area contributed by atoms with Gasteiger partial charge >= 0.3 is 0 Å². The maximum atomic E-state index is 12.8. The number of aliphatic imine (C=N–C) groups is 2. The van der Waals surface area contributed by atoms with Crippen molar-refractivity contribution in [3.8, 4) is 0 Å². The van der Waals surface area contributed by atoms with Gasteiger partial charge in [0.1, 0.15) is 0 Å². The monoisotopic (exact) mass is 888 g/mol. The topological polar surface area (TPSA) is 82.9 Å². The summed E-state index contributed by atoms with van der Waals surface area (Å²) in [6.45, 7) is 3.37. The van der Waals surface area contributed by atoms with E-state index in [1.165, 1.54) is 5.56 Å².